The smallest absolute Gasteiger partial charge is 0.427 e. The van der Waals surface area contributed by atoms with Crippen LogP contribution >= 0.6 is 22.9 Å². The summed E-state index contributed by atoms with van der Waals surface area (Å²) in [6.45, 7) is 2.60. The van der Waals surface area contributed by atoms with E-state index in [9.17, 15) is 40.6 Å². The maximum atomic E-state index is 15.1. The van der Waals surface area contributed by atoms with Gasteiger partial charge in [0.25, 0.3) is 5.91 Å². The number of carbonyl (C=O) groups excluding carboxylic acids is 1. The number of nitrogens with one attached hydrogen (secondary N) is 1. The van der Waals surface area contributed by atoms with Crippen molar-refractivity contribution in [2.24, 2.45) is 0 Å². The summed E-state index contributed by atoms with van der Waals surface area (Å²) in [5.41, 5.74) is -5.08. The summed E-state index contributed by atoms with van der Waals surface area (Å²) >= 11 is 5.78. The summed E-state index contributed by atoms with van der Waals surface area (Å²) in [6.07, 6.45) is -12.5. The van der Waals surface area contributed by atoms with Gasteiger partial charge in [-0.15, -0.1) is 11.3 Å². The molecule has 1 amide bonds. The summed E-state index contributed by atoms with van der Waals surface area (Å²) in [4.78, 5) is 15.1. The first-order chi connectivity index (χ1) is 17.3. The third kappa shape index (κ3) is 6.35. The predicted molar refractivity (Wildman–Crippen MR) is 123 cm³/mol. The number of nitrogens with zero attached hydrogens (tertiary/aromatic N) is 1. The Labute approximate surface area is 219 Å². The molecule has 0 aliphatic rings. The minimum absolute atomic E-state index is 0.0670. The molecule has 0 bridgehead atoms. The zero-order chi connectivity index (χ0) is 28.8. The molecule has 1 atom stereocenters. The van der Waals surface area contributed by atoms with Crippen LogP contribution in [0.4, 0.5) is 40.8 Å². The standard InChI is InChI=1S/C23H17ClF8N2O3S/c1-9(22(27,28)29)37-15-8-10(20-34-17(21(2,3)36)18(38-20)23(30,31)32)14(26)7-11(15)19(35)33-16-12(24)5-4-6-13(16)25/h4-9,36H,1-3H3,(H,33,35). The second-order valence-corrected chi connectivity index (χ2v) is 9.84. The lowest BCUT2D eigenvalue weighted by molar-refractivity contribution is -0.189. The molecule has 0 fully saturated rings. The molecule has 0 aliphatic heterocycles. The molecule has 5 nitrogen and oxygen atoms in total. The van der Waals surface area contributed by atoms with Crippen molar-refractivity contribution in [1.82, 2.24) is 4.98 Å². The van der Waals surface area contributed by atoms with E-state index in [1.54, 1.807) is 0 Å². The Morgan fingerprint density at radius 2 is 1.74 bits per heavy atom. The highest BCUT2D eigenvalue weighted by molar-refractivity contribution is 7.15. The number of aromatic nitrogens is 1. The molecule has 0 saturated carbocycles. The van der Waals surface area contributed by atoms with Crippen LogP contribution in [0.5, 0.6) is 5.75 Å². The highest BCUT2D eigenvalue weighted by Crippen LogP contribution is 2.44. The van der Waals surface area contributed by atoms with Crippen molar-refractivity contribution in [3.05, 3.63) is 63.1 Å². The van der Waals surface area contributed by atoms with E-state index in [1.807, 2.05) is 5.32 Å². The minimum Gasteiger partial charge on any atom is -0.480 e. The number of hydrogen-bond donors (Lipinski definition) is 2. The number of halogens is 9. The highest BCUT2D eigenvalue weighted by Gasteiger charge is 2.42. The van der Waals surface area contributed by atoms with Crippen molar-refractivity contribution in [3.8, 4) is 16.3 Å². The molecule has 0 aliphatic carbocycles. The number of thiazole rings is 1. The number of para-hydroxylation sites is 1. The van der Waals surface area contributed by atoms with E-state index >= 15 is 4.39 Å². The van der Waals surface area contributed by atoms with Crippen LogP contribution in [0.2, 0.25) is 5.02 Å². The topological polar surface area (TPSA) is 71.5 Å². The third-order valence-electron chi connectivity index (χ3n) is 4.97. The van der Waals surface area contributed by atoms with Gasteiger partial charge in [-0.1, -0.05) is 17.7 Å². The lowest BCUT2D eigenvalue weighted by atomic mass is 10.0. The molecule has 3 aromatic rings. The van der Waals surface area contributed by atoms with E-state index in [-0.39, 0.29) is 16.4 Å². The Kier molecular flexibility index (Phi) is 8.02. The van der Waals surface area contributed by atoms with Crippen LogP contribution in [-0.4, -0.2) is 28.3 Å². The number of aliphatic hydroxyl groups is 1. The molecule has 1 heterocycles. The average molecular weight is 589 g/mol. The van der Waals surface area contributed by atoms with Gasteiger partial charge in [0.1, 0.15) is 32.9 Å². The van der Waals surface area contributed by atoms with E-state index in [0.29, 0.717) is 19.1 Å². The number of carbonyl (C=O) groups is 1. The molecule has 2 aromatic carbocycles. The predicted octanol–water partition coefficient (Wildman–Crippen LogP) is 7.57. The van der Waals surface area contributed by atoms with Gasteiger partial charge in [0.15, 0.2) is 6.10 Å². The molecule has 0 saturated heterocycles. The largest absolute Gasteiger partial charge is 0.480 e. The Balaban J connectivity index is 2.18. The van der Waals surface area contributed by atoms with Gasteiger partial charge in [-0.25, -0.2) is 13.8 Å². The summed E-state index contributed by atoms with van der Waals surface area (Å²) in [6, 6.07) is 4.33. The second kappa shape index (κ2) is 10.3. The summed E-state index contributed by atoms with van der Waals surface area (Å²) < 4.78 is 114. The second-order valence-electron chi connectivity index (χ2n) is 8.43. The van der Waals surface area contributed by atoms with Crippen LogP contribution in [0.3, 0.4) is 0 Å². The molecular formula is C23H17ClF8N2O3S. The Morgan fingerprint density at radius 3 is 2.24 bits per heavy atom. The van der Waals surface area contributed by atoms with Crippen molar-refractivity contribution in [1.29, 1.82) is 0 Å². The number of alkyl halides is 6. The van der Waals surface area contributed by atoms with Crippen LogP contribution in [0, 0.1) is 11.6 Å². The maximum absolute atomic E-state index is 15.1. The molecule has 38 heavy (non-hydrogen) atoms. The first-order valence-electron chi connectivity index (χ1n) is 10.4. The van der Waals surface area contributed by atoms with Crippen molar-refractivity contribution in [2.45, 2.75) is 44.8 Å². The molecule has 0 radical (unpaired) electrons. The van der Waals surface area contributed by atoms with E-state index < -0.39 is 79.7 Å². The fraction of sp³-hybridized carbons (Fsp3) is 0.304. The van der Waals surface area contributed by atoms with Crippen LogP contribution in [0.25, 0.3) is 10.6 Å². The van der Waals surface area contributed by atoms with Crippen molar-refractivity contribution >= 4 is 34.5 Å². The van der Waals surface area contributed by atoms with Gasteiger partial charge in [-0.3, -0.25) is 4.79 Å². The molecule has 3 rings (SSSR count). The average Bonchev–Trinajstić information content (AvgIpc) is 3.23. The molecule has 1 aromatic heterocycles. The maximum Gasteiger partial charge on any atom is 0.427 e. The Morgan fingerprint density at radius 1 is 1.11 bits per heavy atom. The normalized spacial score (nSPS) is 13.4. The van der Waals surface area contributed by atoms with Gasteiger partial charge in [0.05, 0.1) is 22.0 Å². The number of rotatable bonds is 6. The fourth-order valence-corrected chi connectivity index (χ4v) is 4.40. The monoisotopic (exact) mass is 588 g/mol. The van der Waals surface area contributed by atoms with E-state index in [2.05, 4.69) is 4.98 Å². The number of benzene rings is 2. The van der Waals surface area contributed by atoms with E-state index in [1.165, 1.54) is 12.1 Å². The first-order valence-corrected chi connectivity index (χ1v) is 11.6. The zero-order valence-electron chi connectivity index (χ0n) is 19.5. The first kappa shape index (κ1) is 29.6. The number of ether oxygens (including phenoxy) is 1. The van der Waals surface area contributed by atoms with Crippen molar-refractivity contribution in [3.63, 3.8) is 0 Å². The highest BCUT2D eigenvalue weighted by atomic mass is 35.5. The SMILES string of the molecule is CC(Oc1cc(-c2nc(C(C)(C)O)c(C(F)(F)F)s2)c(F)cc1C(=O)Nc1c(F)cccc1Cl)C(F)(F)F. The van der Waals surface area contributed by atoms with Gasteiger partial charge in [0, 0.05) is 5.56 Å². The summed E-state index contributed by atoms with van der Waals surface area (Å²) in [5, 5.41) is 11.2. The van der Waals surface area contributed by atoms with Crippen LogP contribution in [-0.2, 0) is 11.8 Å². The van der Waals surface area contributed by atoms with Crippen molar-refractivity contribution < 1.29 is 49.8 Å². The molecule has 1 unspecified atom stereocenters. The molecule has 0 spiro atoms. The molecular weight excluding hydrogens is 572 g/mol. The minimum atomic E-state index is -5.00. The molecule has 15 heteroatoms. The molecule has 2 N–H and O–H groups in total. The van der Waals surface area contributed by atoms with E-state index in [4.69, 9.17) is 16.3 Å². The van der Waals surface area contributed by atoms with Crippen molar-refractivity contribution in [2.75, 3.05) is 5.32 Å². The van der Waals surface area contributed by atoms with Gasteiger partial charge < -0.3 is 15.2 Å². The Hall–Kier alpha value is -2.97. The number of hydrogen-bond acceptors (Lipinski definition) is 5. The Bertz CT molecular complexity index is 1310. The third-order valence-corrected chi connectivity index (χ3v) is 6.42. The summed E-state index contributed by atoms with van der Waals surface area (Å²) in [5.74, 6) is -4.56. The zero-order valence-corrected chi connectivity index (χ0v) is 21.1. The lowest BCUT2D eigenvalue weighted by Gasteiger charge is -2.20. The number of anilines is 1. The van der Waals surface area contributed by atoms with Crippen LogP contribution < -0.4 is 10.1 Å². The quantitative estimate of drug-likeness (QED) is 0.291. The van der Waals surface area contributed by atoms with Gasteiger partial charge in [-0.05, 0) is 45.0 Å². The van der Waals surface area contributed by atoms with Gasteiger partial charge in [0.2, 0.25) is 0 Å². The fourth-order valence-electron chi connectivity index (χ4n) is 3.09. The van der Waals surface area contributed by atoms with E-state index in [0.717, 1.165) is 19.9 Å². The number of amides is 1. The van der Waals surface area contributed by atoms with Gasteiger partial charge >= 0.3 is 12.4 Å². The molecule has 206 valence electrons. The lowest BCUT2D eigenvalue weighted by Crippen LogP contribution is -2.32. The summed E-state index contributed by atoms with van der Waals surface area (Å²) in [7, 11) is 0. The van der Waals surface area contributed by atoms with Crippen LogP contribution in [0.15, 0.2) is 30.3 Å². The van der Waals surface area contributed by atoms with Gasteiger partial charge in [-0.2, -0.15) is 26.3 Å². The van der Waals surface area contributed by atoms with Crippen LogP contribution in [0.1, 0.15) is 41.7 Å².